The third-order valence-electron chi connectivity index (χ3n) is 3.71. The summed E-state index contributed by atoms with van der Waals surface area (Å²) in [6, 6.07) is 8.07. The number of nitrogens with one attached hydrogen (secondary N) is 1. The first-order chi connectivity index (χ1) is 9.56. The van der Waals surface area contributed by atoms with E-state index in [1.54, 1.807) is 4.90 Å². The van der Waals surface area contributed by atoms with Gasteiger partial charge in [-0.2, -0.15) is 0 Å². The van der Waals surface area contributed by atoms with Gasteiger partial charge in [0, 0.05) is 13.0 Å². The van der Waals surface area contributed by atoms with Crippen molar-refractivity contribution in [1.29, 1.82) is 0 Å². The number of piperidine rings is 1. The van der Waals surface area contributed by atoms with Crippen LogP contribution in [0.4, 0.5) is 0 Å². The van der Waals surface area contributed by atoms with Crippen molar-refractivity contribution in [3.63, 3.8) is 0 Å². The smallest absolute Gasteiger partial charge is 0.240 e. The van der Waals surface area contributed by atoms with Crippen LogP contribution in [0.15, 0.2) is 24.3 Å². The summed E-state index contributed by atoms with van der Waals surface area (Å²) >= 11 is 0. The van der Waals surface area contributed by atoms with Crippen LogP contribution in [0.5, 0.6) is 0 Å². The minimum Gasteiger partial charge on any atom is -0.348 e. The fraction of sp³-hybridized carbons (Fsp3) is 0.500. The molecule has 1 N–H and O–H groups in total. The Morgan fingerprint density at radius 1 is 1.30 bits per heavy atom. The first kappa shape index (κ1) is 14.6. The van der Waals surface area contributed by atoms with E-state index in [0.29, 0.717) is 13.0 Å². The van der Waals surface area contributed by atoms with Crippen molar-refractivity contribution >= 4 is 11.8 Å². The van der Waals surface area contributed by atoms with Crippen molar-refractivity contribution < 1.29 is 9.59 Å². The van der Waals surface area contributed by atoms with Crippen molar-refractivity contribution in [2.24, 2.45) is 0 Å². The molecule has 1 aliphatic heterocycles. The zero-order valence-electron chi connectivity index (χ0n) is 12.2. The molecule has 1 atom stereocenters. The largest absolute Gasteiger partial charge is 0.348 e. The van der Waals surface area contributed by atoms with Gasteiger partial charge in [0.05, 0.1) is 12.6 Å². The predicted octanol–water partition coefficient (Wildman–Crippen LogP) is 2.18. The molecule has 0 saturated carbocycles. The lowest BCUT2D eigenvalue weighted by Gasteiger charge is -2.26. The second-order valence-corrected chi connectivity index (χ2v) is 5.47. The lowest BCUT2D eigenvalue weighted by atomic mass is 10.1. The molecule has 1 unspecified atom stereocenters. The molecule has 0 spiro atoms. The van der Waals surface area contributed by atoms with Gasteiger partial charge in [0.2, 0.25) is 11.8 Å². The zero-order chi connectivity index (χ0) is 14.5. The maximum Gasteiger partial charge on any atom is 0.240 e. The molecule has 4 nitrogen and oxygen atoms in total. The number of aryl methyl sites for hydroxylation is 1. The molecule has 1 heterocycles. The normalized spacial score (nSPS) is 16.9. The Balaban J connectivity index is 1.87. The van der Waals surface area contributed by atoms with Gasteiger partial charge < -0.3 is 10.2 Å². The third kappa shape index (κ3) is 3.83. The summed E-state index contributed by atoms with van der Waals surface area (Å²) in [5.74, 6) is 0.00251. The van der Waals surface area contributed by atoms with E-state index in [4.69, 9.17) is 0 Å². The van der Waals surface area contributed by atoms with Crippen LogP contribution >= 0.6 is 0 Å². The summed E-state index contributed by atoms with van der Waals surface area (Å²) < 4.78 is 0. The van der Waals surface area contributed by atoms with Crippen molar-refractivity contribution in [3.05, 3.63) is 35.4 Å². The lowest BCUT2D eigenvalue weighted by Crippen LogP contribution is -2.43. The topological polar surface area (TPSA) is 49.4 Å². The monoisotopic (exact) mass is 274 g/mol. The van der Waals surface area contributed by atoms with Gasteiger partial charge in [-0.15, -0.1) is 0 Å². The van der Waals surface area contributed by atoms with Gasteiger partial charge in [-0.05, 0) is 32.3 Å². The molecule has 1 aliphatic rings. The van der Waals surface area contributed by atoms with Crippen LogP contribution in [0, 0.1) is 6.92 Å². The van der Waals surface area contributed by atoms with Crippen LogP contribution in [0.25, 0.3) is 0 Å². The van der Waals surface area contributed by atoms with Crippen molar-refractivity contribution in [3.8, 4) is 0 Å². The average Bonchev–Trinajstić information content (AvgIpc) is 2.42. The Morgan fingerprint density at radius 3 is 2.65 bits per heavy atom. The van der Waals surface area contributed by atoms with Crippen molar-refractivity contribution in [2.45, 2.75) is 39.2 Å². The number of likely N-dealkylation sites (tertiary alicyclic amines) is 1. The summed E-state index contributed by atoms with van der Waals surface area (Å²) in [6.45, 7) is 4.87. The van der Waals surface area contributed by atoms with Crippen LogP contribution in [0.1, 0.15) is 43.4 Å². The number of carbonyl (C=O) groups excluding carboxylic acids is 2. The molecule has 2 rings (SSSR count). The number of carbonyl (C=O) groups is 2. The van der Waals surface area contributed by atoms with E-state index in [1.165, 1.54) is 5.56 Å². The Bertz CT molecular complexity index is 482. The quantitative estimate of drug-likeness (QED) is 0.915. The van der Waals surface area contributed by atoms with E-state index >= 15 is 0 Å². The van der Waals surface area contributed by atoms with Gasteiger partial charge in [0.1, 0.15) is 0 Å². The van der Waals surface area contributed by atoms with E-state index in [2.05, 4.69) is 5.32 Å². The Hall–Kier alpha value is -1.84. The molecule has 2 amide bonds. The standard InChI is InChI=1S/C16H22N2O2/c1-12-6-8-14(9-7-12)13(2)17-15(19)11-18-10-4-3-5-16(18)20/h6-9,13H,3-5,10-11H2,1-2H3,(H,17,19). The number of rotatable bonds is 4. The third-order valence-corrected chi connectivity index (χ3v) is 3.71. The van der Waals surface area contributed by atoms with Gasteiger partial charge in [-0.3, -0.25) is 9.59 Å². The maximum absolute atomic E-state index is 12.0. The van der Waals surface area contributed by atoms with E-state index in [1.807, 2.05) is 38.1 Å². The Labute approximate surface area is 120 Å². The van der Waals surface area contributed by atoms with E-state index in [0.717, 1.165) is 18.4 Å². The molecule has 1 aromatic carbocycles. The zero-order valence-corrected chi connectivity index (χ0v) is 12.2. The SMILES string of the molecule is Cc1ccc(C(C)NC(=O)CN2CCCCC2=O)cc1. The lowest BCUT2D eigenvalue weighted by molar-refractivity contribution is -0.138. The molecule has 0 radical (unpaired) electrons. The second-order valence-electron chi connectivity index (χ2n) is 5.47. The number of nitrogens with zero attached hydrogens (tertiary/aromatic N) is 1. The van der Waals surface area contributed by atoms with Gasteiger partial charge in [0.15, 0.2) is 0 Å². The van der Waals surface area contributed by atoms with E-state index in [9.17, 15) is 9.59 Å². The highest BCUT2D eigenvalue weighted by molar-refractivity contribution is 5.85. The molecule has 1 aromatic rings. The highest BCUT2D eigenvalue weighted by atomic mass is 16.2. The molecular formula is C16H22N2O2. The van der Waals surface area contributed by atoms with Gasteiger partial charge in [-0.25, -0.2) is 0 Å². The summed E-state index contributed by atoms with van der Waals surface area (Å²) in [4.78, 5) is 25.3. The molecule has 4 heteroatoms. The fourth-order valence-electron chi connectivity index (χ4n) is 2.43. The minimum absolute atomic E-state index is 0.0389. The summed E-state index contributed by atoms with van der Waals surface area (Å²) in [5, 5.41) is 2.95. The number of benzene rings is 1. The molecular weight excluding hydrogens is 252 g/mol. The highest BCUT2D eigenvalue weighted by Gasteiger charge is 2.21. The van der Waals surface area contributed by atoms with E-state index < -0.39 is 0 Å². The van der Waals surface area contributed by atoms with E-state index in [-0.39, 0.29) is 24.4 Å². The number of amides is 2. The predicted molar refractivity (Wildman–Crippen MR) is 78.2 cm³/mol. The molecule has 0 aromatic heterocycles. The summed E-state index contributed by atoms with van der Waals surface area (Å²) in [6.07, 6.45) is 2.50. The Kier molecular flexibility index (Phi) is 4.77. The molecule has 1 fully saturated rings. The van der Waals surface area contributed by atoms with Crippen molar-refractivity contribution in [2.75, 3.05) is 13.1 Å². The van der Waals surface area contributed by atoms with Crippen LogP contribution in [0.2, 0.25) is 0 Å². The molecule has 20 heavy (non-hydrogen) atoms. The highest BCUT2D eigenvalue weighted by Crippen LogP contribution is 2.14. The minimum atomic E-state index is -0.0895. The second kappa shape index (κ2) is 6.55. The first-order valence-corrected chi connectivity index (χ1v) is 7.20. The van der Waals surface area contributed by atoms with Gasteiger partial charge >= 0.3 is 0 Å². The fourth-order valence-corrected chi connectivity index (χ4v) is 2.43. The van der Waals surface area contributed by atoms with Gasteiger partial charge in [-0.1, -0.05) is 29.8 Å². The Morgan fingerprint density at radius 2 is 2.00 bits per heavy atom. The number of hydrogen-bond donors (Lipinski definition) is 1. The van der Waals surface area contributed by atoms with Crippen LogP contribution in [-0.2, 0) is 9.59 Å². The van der Waals surface area contributed by atoms with Gasteiger partial charge in [0.25, 0.3) is 0 Å². The maximum atomic E-state index is 12.0. The first-order valence-electron chi connectivity index (χ1n) is 7.20. The van der Waals surface area contributed by atoms with Crippen LogP contribution < -0.4 is 5.32 Å². The van der Waals surface area contributed by atoms with Crippen LogP contribution in [-0.4, -0.2) is 29.8 Å². The number of hydrogen-bond acceptors (Lipinski definition) is 2. The van der Waals surface area contributed by atoms with Crippen molar-refractivity contribution in [1.82, 2.24) is 10.2 Å². The summed E-state index contributed by atoms with van der Waals surface area (Å²) in [7, 11) is 0. The molecule has 1 saturated heterocycles. The average molecular weight is 274 g/mol. The van der Waals surface area contributed by atoms with Crippen LogP contribution in [0.3, 0.4) is 0 Å². The molecule has 108 valence electrons. The molecule has 0 bridgehead atoms. The summed E-state index contributed by atoms with van der Waals surface area (Å²) in [5.41, 5.74) is 2.28. The molecule has 0 aliphatic carbocycles.